The molecule has 0 aromatic heterocycles. The first-order valence-corrected chi connectivity index (χ1v) is 8.60. The molecule has 4 nitrogen and oxygen atoms in total. The second-order valence-electron chi connectivity index (χ2n) is 6.91. The highest BCUT2D eigenvalue weighted by Crippen LogP contribution is 2.58. The SMILES string of the molecule is O=C1C=C2CCCC3(OCCO3)C2(Cc2ccccc2)C/C1=C/O. The van der Waals surface area contributed by atoms with Gasteiger partial charge < -0.3 is 14.6 Å². The van der Waals surface area contributed by atoms with E-state index in [1.165, 1.54) is 5.56 Å². The number of carbonyl (C=O) groups excluding carboxylic acids is 1. The summed E-state index contributed by atoms with van der Waals surface area (Å²) in [6.45, 7) is 1.16. The first-order chi connectivity index (χ1) is 11.7. The molecule has 1 saturated carbocycles. The van der Waals surface area contributed by atoms with Crippen LogP contribution in [0.1, 0.15) is 31.2 Å². The molecule has 1 aromatic rings. The topological polar surface area (TPSA) is 55.8 Å². The first kappa shape index (κ1) is 15.6. The van der Waals surface area contributed by atoms with E-state index in [4.69, 9.17) is 9.47 Å². The van der Waals surface area contributed by atoms with Crippen molar-refractivity contribution in [3.63, 3.8) is 0 Å². The Bertz CT molecular complexity index is 698. The van der Waals surface area contributed by atoms with Gasteiger partial charge in [-0.1, -0.05) is 35.9 Å². The lowest BCUT2D eigenvalue weighted by atomic mass is 9.57. The van der Waals surface area contributed by atoms with Crippen molar-refractivity contribution in [2.45, 2.75) is 37.9 Å². The molecule has 126 valence electrons. The third kappa shape index (κ3) is 2.25. The van der Waals surface area contributed by atoms with E-state index >= 15 is 0 Å². The van der Waals surface area contributed by atoms with Crippen molar-refractivity contribution in [1.29, 1.82) is 0 Å². The fourth-order valence-corrected chi connectivity index (χ4v) is 4.60. The van der Waals surface area contributed by atoms with Crippen LogP contribution in [-0.2, 0) is 20.7 Å². The highest BCUT2D eigenvalue weighted by atomic mass is 16.7. The summed E-state index contributed by atoms with van der Waals surface area (Å²) in [4.78, 5) is 12.3. The maximum absolute atomic E-state index is 12.3. The van der Waals surface area contributed by atoms with E-state index in [0.29, 0.717) is 25.2 Å². The molecule has 0 bridgehead atoms. The Labute approximate surface area is 141 Å². The minimum atomic E-state index is -0.693. The van der Waals surface area contributed by atoms with Gasteiger partial charge in [-0.25, -0.2) is 0 Å². The first-order valence-electron chi connectivity index (χ1n) is 8.60. The van der Waals surface area contributed by atoms with Gasteiger partial charge in [-0.05, 0) is 37.3 Å². The Hall–Kier alpha value is -1.91. The average Bonchev–Trinajstić information content (AvgIpc) is 3.07. The predicted octanol–water partition coefficient (Wildman–Crippen LogP) is 3.48. The van der Waals surface area contributed by atoms with Crippen LogP contribution < -0.4 is 0 Å². The Morgan fingerprint density at radius 3 is 2.62 bits per heavy atom. The van der Waals surface area contributed by atoms with E-state index in [0.717, 1.165) is 37.5 Å². The van der Waals surface area contributed by atoms with Gasteiger partial charge in [-0.2, -0.15) is 0 Å². The molecule has 0 amide bonds. The van der Waals surface area contributed by atoms with Gasteiger partial charge in [-0.15, -0.1) is 0 Å². The molecule has 1 aliphatic heterocycles. The lowest BCUT2D eigenvalue weighted by Gasteiger charge is -2.53. The third-order valence-corrected chi connectivity index (χ3v) is 5.67. The molecule has 1 heterocycles. The molecule has 1 atom stereocenters. The number of ether oxygens (including phenoxy) is 2. The Morgan fingerprint density at radius 1 is 1.17 bits per heavy atom. The van der Waals surface area contributed by atoms with Crippen LogP contribution in [0.25, 0.3) is 0 Å². The smallest absolute Gasteiger partial charge is 0.184 e. The Morgan fingerprint density at radius 2 is 1.92 bits per heavy atom. The average molecular weight is 326 g/mol. The van der Waals surface area contributed by atoms with Gasteiger partial charge in [0.25, 0.3) is 0 Å². The summed E-state index contributed by atoms with van der Waals surface area (Å²) in [5.41, 5.74) is 2.31. The minimum absolute atomic E-state index is 0.0915. The summed E-state index contributed by atoms with van der Waals surface area (Å²) in [6.07, 6.45) is 6.52. The van der Waals surface area contributed by atoms with Crippen molar-refractivity contribution in [3.05, 3.63) is 59.4 Å². The number of fused-ring (bicyclic) bond motifs is 2. The molecule has 24 heavy (non-hydrogen) atoms. The zero-order valence-electron chi connectivity index (χ0n) is 13.7. The van der Waals surface area contributed by atoms with Gasteiger partial charge in [0.1, 0.15) is 0 Å². The second-order valence-corrected chi connectivity index (χ2v) is 6.91. The lowest BCUT2D eigenvalue weighted by Crippen LogP contribution is -2.56. The quantitative estimate of drug-likeness (QED) is 0.668. The highest BCUT2D eigenvalue weighted by molar-refractivity contribution is 6.05. The number of ketones is 1. The number of benzene rings is 1. The summed E-state index contributed by atoms with van der Waals surface area (Å²) in [6, 6.07) is 10.3. The van der Waals surface area contributed by atoms with E-state index < -0.39 is 11.2 Å². The van der Waals surface area contributed by atoms with Gasteiger partial charge >= 0.3 is 0 Å². The van der Waals surface area contributed by atoms with Crippen molar-refractivity contribution in [2.75, 3.05) is 13.2 Å². The summed E-state index contributed by atoms with van der Waals surface area (Å²) >= 11 is 0. The number of aliphatic hydroxyl groups excluding tert-OH is 1. The van der Waals surface area contributed by atoms with Crippen LogP contribution in [0.5, 0.6) is 0 Å². The van der Waals surface area contributed by atoms with Crippen LogP contribution in [0.15, 0.2) is 53.8 Å². The number of allylic oxidation sites excluding steroid dienone is 2. The summed E-state index contributed by atoms with van der Waals surface area (Å²) in [5.74, 6) is -0.784. The van der Waals surface area contributed by atoms with Crippen LogP contribution >= 0.6 is 0 Å². The minimum Gasteiger partial charge on any atom is -0.515 e. The van der Waals surface area contributed by atoms with Gasteiger partial charge in [0.05, 0.1) is 24.9 Å². The van der Waals surface area contributed by atoms with E-state index in [1.54, 1.807) is 6.08 Å². The van der Waals surface area contributed by atoms with E-state index in [9.17, 15) is 9.90 Å². The maximum Gasteiger partial charge on any atom is 0.184 e. The fourth-order valence-electron chi connectivity index (χ4n) is 4.60. The molecule has 4 rings (SSSR count). The van der Waals surface area contributed by atoms with Crippen LogP contribution in [0, 0.1) is 5.41 Å². The molecular weight excluding hydrogens is 304 g/mol. The van der Waals surface area contributed by atoms with E-state index in [-0.39, 0.29) is 5.78 Å². The monoisotopic (exact) mass is 326 g/mol. The molecule has 3 aliphatic rings. The normalized spacial score (nSPS) is 30.4. The number of carbonyl (C=O) groups is 1. The number of hydrogen-bond donors (Lipinski definition) is 1. The van der Waals surface area contributed by atoms with Gasteiger partial charge in [0.15, 0.2) is 11.6 Å². The van der Waals surface area contributed by atoms with Gasteiger partial charge in [-0.3, -0.25) is 4.79 Å². The standard InChI is InChI=1S/C20H22O4/c21-14-16-13-19(12-15-5-2-1-3-6-15)17(11-18(16)22)7-4-8-20(19)23-9-10-24-20/h1-3,5-6,11,14,21H,4,7-10,12-13H2/b16-14-. The largest absolute Gasteiger partial charge is 0.515 e. The number of hydrogen-bond acceptors (Lipinski definition) is 4. The van der Waals surface area contributed by atoms with Crippen molar-refractivity contribution in [1.82, 2.24) is 0 Å². The lowest BCUT2D eigenvalue weighted by molar-refractivity contribution is -0.239. The van der Waals surface area contributed by atoms with Gasteiger partial charge in [0.2, 0.25) is 0 Å². The molecule has 1 saturated heterocycles. The van der Waals surface area contributed by atoms with Crippen LogP contribution in [0.2, 0.25) is 0 Å². The van der Waals surface area contributed by atoms with Gasteiger partial charge in [0, 0.05) is 12.0 Å². The van der Waals surface area contributed by atoms with E-state index in [1.807, 2.05) is 18.2 Å². The predicted molar refractivity (Wildman–Crippen MR) is 89.5 cm³/mol. The fraction of sp³-hybridized carbons (Fsp3) is 0.450. The maximum atomic E-state index is 12.3. The number of rotatable bonds is 2. The zero-order chi connectivity index (χ0) is 16.6. The van der Waals surface area contributed by atoms with Crippen molar-refractivity contribution in [3.8, 4) is 0 Å². The second kappa shape index (κ2) is 5.87. The Balaban J connectivity index is 1.86. The Kier molecular flexibility index (Phi) is 3.82. The van der Waals surface area contributed by atoms with Crippen molar-refractivity contribution >= 4 is 5.78 Å². The molecule has 0 radical (unpaired) electrons. The van der Waals surface area contributed by atoms with Crippen molar-refractivity contribution in [2.24, 2.45) is 5.41 Å². The van der Waals surface area contributed by atoms with E-state index in [2.05, 4.69) is 12.1 Å². The molecule has 1 N–H and O–H groups in total. The molecule has 1 aromatic carbocycles. The zero-order valence-corrected chi connectivity index (χ0v) is 13.7. The van der Waals surface area contributed by atoms with Crippen LogP contribution in [0.3, 0.4) is 0 Å². The molecule has 2 aliphatic carbocycles. The number of aliphatic hydroxyl groups is 1. The summed E-state index contributed by atoms with van der Waals surface area (Å²) < 4.78 is 12.3. The summed E-state index contributed by atoms with van der Waals surface area (Å²) in [5, 5.41) is 9.57. The summed E-state index contributed by atoms with van der Waals surface area (Å²) in [7, 11) is 0. The molecule has 4 heteroatoms. The highest BCUT2D eigenvalue weighted by Gasteiger charge is 2.60. The molecular formula is C20H22O4. The van der Waals surface area contributed by atoms with Crippen LogP contribution in [-0.4, -0.2) is 29.9 Å². The van der Waals surface area contributed by atoms with Crippen LogP contribution in [0.4, 0.5) is 0 Å². The molecule has 2 fully saturated rings. The molecule has 1 spiro atoms. The van der Waals surface area contributed by atoms with Crippen molar-refractivity contribution < 1.29 is 19.4 Å². The molecule has 1 unspecified atom stereocenters. The third-order valence-electron chi connectivity index (χ3n) is 5.67.